The first-order valence-corrected chi connectivity index (χ1v) is 10.2. The molecular formula is C22H19ClN2O4. The fourth-order valence-electron chi connectivity index (χ4n) is 4.91. The number of nitrogens with zero attached hydrogens (tertiary/aromatic N) is 2. The third-order valence-electron chi connectivity index (χ3n) is 6.45. The first-order valence-electron chi connectivity index (χ1n) is 9.84. The number of imide groups is 2. The van der Waals surface area contributed by atoms with Crippen molar-refractivity contribution in [3.8, 4) is 0 Å². The zero-order valence-electron chi connectivity index (χ0n) is 15.6. The van der Waals surface area contributed by atoms with E-state index in [9.17, 15) is 19.2 Å². The first-order chi connectivity index (χ1) is 14.0. The van der Waals surface area contributed by atoms with Gasteiger partial charge < -0.3 is 0 Å². The largest absolute Gasteiger partial charge is 0.274 e. The van der Waals surface area contributed by atoms with Crippen LogP contribution in [0.15, 0.2) is 42.5 Å². The van der Waals surface area contributed by atoms with E-state index in [1.807, 2.05) is 24.3 Å². The van der Waals surface area contributed by atoms with Crippen molar-refractivity contribution in [1.29, 1.82) is 0 Å². The van der Waals surface area contributed by atoms with Crippen LogP contribution in [-0.2, 0) is 19.2 Å². The number of hydrogen-bond acceptors (Lipinski definition) is 4. The summed E-state index contributed by atoms with van der Waals surface area (Å²) in [6.07, 6.45) is 9.95. The SMILES string of the molecule is O=C1[C@@H]2CC=CC[C@H]2C(=O)N1c1ccc(N2C(=O)[C@H]3CC=CC[C@H]3C2=O)c(Cl)c1. The van der Waals surface area contributed by atoms with Gasteiger partial charge >= 0.3 is 0 Å². The number of rotatable bonds is 2. The molecule has 5 rings (SSSR count). The molecule has 2 fully saturated rings. The second kappa shape index (κ2) is 6.66. The summed E-state index contributed by atoms with van der Waals surface area (Å²) in [7, 11) is 0. The van der Waals surface area contributed by atoms with E-state index in [0.717, 1.165) is 4.90 Å². The Morgan fingerprint density at radius 2 is 1.07 bits per heavy atom. The van der Waals surface area contributed by atoms with Crippen molar-refractivity contribution in [2.75, 3.05) is 9.80 Å². The van der Waals surface area contributed by atoms with Crippen LogP contribution in [0.5, 0.6) is 0 Å². The van der Waals surface area contributed by atoms with Gasteiger partial charge in [-0.15, -0.1) is 0 Å². The highest BCUT2D eigenvalue weighted by atomic mass is 35.5. The van der Waals surface area contributed by atoms with Crippen molar-refractivity contribution in [1.82, 2.24) is 0 Å². The number of carbonyl (C=O) groups excluding carboxylic acids is 4. The molecule has 2 heterocycles. The van der Waals surface area contributed by atoms with Crippen LogP contribution in [0.3, 0.4) is 0 Å². The lowest BCUT2D eigenvalue weighted by atomic mass is 9.85. The Morgan fingerprint density at radius 1 is 0.655 bits per heavy atom. The molecule has 0 aromatic heterocycles. The van der Waals surface area contributed by atoms with Crippen LogP contribution in [0.1, 0.15) is 25.7 Å². The molecule has 4 atom stereocenters. The molecule has 0 bridgehead atoms. The summed E-state index contributed by atoms with van der Waals surface area (Å²) in [5.74, 6) is -2.29. The standard InChI is InChI=1S/C22H19ClN2O4/c23-17-11-12(24-19(26)13-5-1-2-6-14(13)20(24)27)9-10-18(17)25-21(28)15-7-3-4-8-16(15)22(25)29/h1-4,9-11,13-16H,5-8H2/t13-,14-,15-,16+/m1/s1. The molecule has 29 heavy (non-hydrogen) atoms. The molecule has 6 nitrogen and oxygen atoms in total. The lowest BCUT2D eigenvalue weighted by molar-refractivity contribution is -0.124. The van der Waals surface area contributed by atoms with Crippen LogP contribution in [0, 0.1) is 23.7 Å². The number of fused-ring (bicyclic) bond motifs is 2. The fourth-order valence-corrected chi connectivity index (χ4v) is 5.17. The van der Waals surface area contributed by atoms with Gasteiger partial charge in [0.05, 0.1) is 40.1 Å². The average molecular weight is 411 g/mol. The van der Waals surface area contributed by atoms with E-state index in [-0.39, 0.29) is 52.3 Å². The van der Waals surface area contributed by atoms with Gasteiger partial charge in [0.25, 0.3) is 0 Å². The molecule has 0 N–H and O–H groups in total. The Morgan fingerprint density at radius 3 is 1.48 bits per heavy atom. The van der Waals surface area contributed by atoms with Crippen LogP contribution >= 0.6 is 11.6 Å². The van der Waals surface area contributed by atoms with Gasteiger partial charge in [0.2, 0.25) is 23.6 Å². The lowest BCUT2D eigenvalue weighted by Crippen LogP contribution is -2.32. The Labute approximate surface area is 172 Å². The monoisotopic (exact) mass is 410 g/mol. The molecular weight excluding hydrogens is 392 g/mol. The summed E-state index contributed by atoms with van der Waals surface area (Å²) in [4.78, 5) is 53.5. The molecule has 2 aliphatic carbocycles. The van der Waals surface area contributed by atoms with Crippen LogP contribution in [0.2, 0.25) is 5.02 Å². The van der Waals surface area contributed by atoms with Gasteiger partial charge in [-0.3, -0.25) is 19.2 Å². The molecule has 0 spiro atoms. The Kier molecular flexibility index (Phi) is 4.21. The number of allylic oxidation sites excluding steroid dienone is 4. The Hall–Kier alpha value is -2.73. The van der Waals surface area contributed by atoms with Crippen LogP contribution in [-0.4, -0.2) is 23.6 Å². The minimum Gasteiger partial charge on any atom is -0.274 e. The molecule has 7 heteroatoms. The van der Waals surface area contributed by atoms with E-state index in [4.69, 9.17) is 11.6 Å². The number of amides is 4. The average Bonchev–Trinajstić information content (AvgIpc) is 3.14. The van der Waals surface area contributed by atoms with Gasteiger partial charge in [-0.1, -0.05) is 35.9 Å². The molecule has 1 aromatic rings. The number of benzene rings is 1. The van der Waals surface area contributed by atoms with Crippen molar-refractivity contribution < 1.29 is 19.2 Å². The van der Waals surface area contributed by atoms with Crippen LogP contribution < -0.4 is 9.80 Å². The van der Waals surface area contributed by atoms with E-state index in [1.54, 1.807) is 12.1 Å². The molecule has 0 unspecified atom stereocenters. The first kappa shape index (κ1) is 18.3. The minimum absolute atomic E-state index is 0.171. The highest BCUT2D eigenvalue weighted by Crippen LogP contribution is 2.43. The van der Waals surface area contributed by atoms with E-state index >= 15 is 0 Å². The molecule has 4 amide bonds. The predicted molar refractivity (Wildman–Crippen MR) is 107 cm³/mol. The second-order valence-electron chi connectivity index (χ2n) is 7.97. The smallest absolute Gasteiger partial charge is 0.238 e. The molecule has 4 aliphatic rings. The maximum Gasteiger partial charge on any atom is 0.238 e. The van der Waals surface area contributed by atoms with Crippen molar-refractivity contribution >= 4 is 46.6 Å². The zero-order valence-corrected chi connectivity index (χ0v) is 16.3. The van der Waals surface area contributed by atoms with Gasteiger partial charge in [0.1, 0.15) is 0 Å². The van der Waals surface area contributed by atoms with E-state index < -0.39 is 0 Å². The zero-order chi connectivity index (χ0) is 20.3. The summed E-state index contributed by atoms with van der Waals surface area (Å²) in [6, 6.07) is 4.64. The van der Waals surface area contributed by atoms with Gasteiger partial charge in [-0.25, -0.2) is 9.80 Å². The molecule has 148 valence electrons. The molecule has 2 saturated heterocycles. The normalized spacial score (nSPS) is 30.9. The predicted octanol–water partition coefficient (Wildman–Crippen LogP) is 3.25. The van der Waals surface area contributed by atoms with E-state index in [2.05, 4.69) is 0 Å². The van der Waals surface area contributed by atoms with Crippen molar-refractivity contribution in [2.45, 2.75) is 25.7 Å². The number of carbonyl (C=O) groups is 4. The maximum atomic E-state index is 12.8. The van der Waals surface area contributed by atoms with Crippen molar-refractivity contribution in [3.05, 3.63) is 47.5 Å². The molecule has 0 radical (unpaired) electrons. The second-order valence-corrected chi connectivity index (χ2v) is 8.38. The topological polar surface area (TPSA) is 74.8 Å². The summed E-state index contributed by atoms with van der Waals surface area (Å²) in [5.41, 5.74) is 0.680. The van der Waals surface area contributed by atoms with E-state index in [0.29, 0.717) is 37.1 Å². The summed E-state index contributed by atoms with van der Waals surface area (Å²) in [5, 5.41) is 0.171. The molecule has 1 aromatic carbocycles. The number of anilines is 2. The molecule has 0 saturated carbocycles. The van der Waals surface area contributed by atoms with E-state index in [1.165, 1.54) is 11.0 Å². The van der Waals surface area contributed by atoms with Crippen molar-refractivity contribution in [3.63, 3.8) is 0 Å². The van der Waals surface area contributed by atoms with Gasteiger partial charge in [0, 0.05) is 0 Å². The summed E-state index contributed by atoms with van der Waals surface area (Å²) in [6.45, 7) is 0. The van der Waals surface area contributed by atoms with Crippen molar-refractivity contribution in [2.24, 2.45) is 23.7 Å². The van der Waals surface area contributed by atoms with Crippen LogP contribution in [0.25, 0.3) is 0 Å². The third-order valence-corrected chi connectivity index (χ3v) is 6.75. The highest BCUT2D eigenvalue weighted by molar-refractivity contribution is 6.36. The number of hydrogen-bond donors (Lipinski definition) is 0. The molecule has 2 aliphatic heterocycles. The van der Waals surface area contributed by atoms with Gasteiger partial charge in [0.15, 0.2) is 0 Å². The summed E-state index contributed by atoms with van der Waals surface area (Å²) < 4.78 is 0. The minimum atomic E-state index is -0.347. The van der Waals surface area contributed by atoms with Gasteiger partial charge in [-0.2, -0.15) is 0 Å². The third kappa shape index (κ3) is 2.62. The lowest BCUT2D eigenvalue weighted by Gasteiger charge is -2.20. The fraction of sp³-hybridized carbons (Fsp3) is 0.364. The Balaban J connectivity index is 1.46. The maximum absolute atomic E-state index is 12.8. The van der Waals surface area contributed by atoms with Gasteiger partial charge in [-0.05, 0) is 43.9 Å². The number of halogens is 1. The Bertz CT molecular complexity index is 962. The quantitative estimate of drug-likeness (QED) is 0.554. The summed E-state index contributed by atoms with van der Waals surface area (Å²) >= 11 is 6.44. The highest BCUT2D eigenvalue weighted by Gasteiger charge is 2.50. The van der Waals surface area contributed by atoms with Crippen LogP contribution in [0.4, 0.5) is 11.4 Å².